The molecule has 1 aliphatic rings. The summed E-state index contributed by atoms with van der Waals surface area (Å²) in [5, 5.41) is 3.27. The maximum atomic E-state index is 11.9. The maximum absolute atomic E-state index is 11.9. The Bertz CT molecular complexity index is 124. The average Bonchev–Trinajstić information content (AvgIpc) is 2.37. The molecule has 0 radical (unpaired) electrons. The topological polar surface area (TPSA) is 15.3 Å². The molecule has 1 N–H and O–H groups in total. The Morgan fingerprint density at radius 3 is 2.83 bits per heavy atom. The average molecular weight is 178 g/mol. The highest BCUT2D eigenvalue weighted by Gasteiger charge is 2.17. The number of nitrogens with zero attached hydrogens (tertiary/aromatic N) is 1. The van der Waals surface area contributed by atoms with Crippen molar-refractivity contribution in [3.63, 3.8) is 0 Å². The van der Waals surface area contributed by atoms with E-state index in [-0.39, 0.29) is 6.54 Å². The second-order valence-electron chi connectivity index (χ2n) is 3.41. The molecule has 0 amide bonds. The highest BCUT2D eigenvalue weighted by molar-refractivity contribution is 4.76. The molecule has 4 heteroatoms. The van der Waals surface area contributed by atoms with Gasteiger partial charge in [0, 0.05) is 12.6 Å². The van der Waals surface area contributed by atoms with Gasteiger partial charge in [0.25, 0.3) is 6.43 Å². The molecule has 12 heavy (non-hydrogen) atoms. The number of halogens is 2. The van der Waals surface area contributed by atoms with Crippen LogP contribution in [0.25, 0.3) is 0 Å². The fraction of sp³-hybridized carbons (Fsp3) is 1.00. The molecule has 2 nitrogen and oxygen atoms in total. The third-order valence-electron chi connectivity index (χ3n) is 2.14. The molecule has 0 aromatic carbocycles. The van der Waals surface area contributed by atoms with E-state index in [1.54, 1.807) is 11.9 Å². The molecular formula is C8H16F2N2. The van der Waals surface area contributed by atoms with Gasteiger partial charge in [-0.1, -0.05) is 0 Å². The number of nitrogens with one attached hydrogen (secondary N) is 1. The SMILES string of the molecule is CN(CC(F)F)C[C@H]1CCCN1. The van der Waals surface area contributed by atoms with Crippen LogP contribution >= 0.6 is 0 Å². The summed E-state index contributed by atoms with van der Waals surface area (Å²) >= 11 is 0. The minimum atomic E-state index is -2.21. The van der Waals surface area contributed by atoms with Gasteiger partial charge in [-0.25, -0.2) is 8.78 Å². The van der Waals surface area contributed by atoms with Crippen molar-refractivity contribution in [3.8, 4) is 0 Å². The van der Waals surface area contributed by atoms with Crippen LogP contribution in [0.15, 0.2) is 0 Å². The largest absolute Gasteiger partial charge is 0.313 e. The fourth-order valence-electron chi connectivity index (χ4n) is 1.60. The van der Waals surface area contributed by atoms with Crippen molar-refractivity contribution in [2.24, 2.45) is 0 Å². The van der Waals surface area contributed by atoms with E-state index < -0.39 is 6.43 Å². The minimum absolute atomic E-state index is 0.113. The van der Waals surface area contributed by atoms with Crippen LogP contribution in [0.4, 0.5) is 8.78 Å². The van der Waals surface area contributed by atoms with E-state index in [2.05, 4.69) is 5.32 Å². The van der Waals surface area contributed by atoms with Gasteiger partial charge in [-0.05, 0) is 26.4 Å². The Balaban J connectivity index is 2.11. The predicted molar refractivity (Wildman–Crippen MR) is 44.5 cm³/mol. The molecule has 1 aliphatic heterocycles. The van der Waals surface area contributed by atoms with Gasteiger partial charge >= 0.3 is 0 Å². The van der Waals surface area contributed by atoms with Gasteiger partial charge in [0.1, 0.15) is 0 Å². The molecule has 0 aliphatic carbocycles. The van der Waals surface area contributed by atoms with E-state index in [0.717, 1.165) is 19.5 Å². The van der Waals surface area contributed by atoms with Gasteiger partial charge in [0.05, 0.1) is 6.54 Å². The van der Waals surface area contributed by atoms with Crippen LogP contribution in [-0.2, 0) is 0 Å². The van der Waals surface area contributed by atoms with Crippen molar-refractivity contribution in [1.82, 2.24) is 10.2 Å². The Morgan fingerprint density at radius 1 is 1.58 bits per heavy atom. The number of rotatable bonds is 4. The first-order valence-corrected chi connectivity index (χ1v) is 4.38. The van der Waals surface area contributed by atoms with Crippen molar-refractivity contribution in [2.45, 2.75) is 25.3 Å². The van der Waals surface area contributed by atoms with Gasteiger partial charge in [0.2, 0.25) is 0 Å². The van der Waals surface area contributed by atoms with Crippen LogP contribution in [0.1, 0.15) is 12.8 Å². The summed E-state index contributed by atoms with van der Waals surface area (Å²) in [6.45, 7) is 1.66. The molecule has 1 fully saturated rings. The van der Waals surface area contributed by atoms with Crippen LogP contribution in [0.3, 0.4) is 0 Å². The molecule has 1 saturated heterocycles. The number of likely N-dealkylation sites (N-methyl/N-ethyl adjacent to an activating group) is 1. The number of hydrogen-bond donors (Lipinski definition) is 1. The van der Waals surface area contributed by atoms with Crippen molar-refractivity contribution < 1.29 is 8.78 Å². The normalized spacial score (nSPS) is 24.2. The van der Waals surface area contributed by atoms with E-state index in [4.69, 9.17) is 0 Å². The molecule has 0 saturated carbocycles. The number of hydrogen-bond acceptors (Lipinski definition) is 2. The summed E-state index contributed by atoms with van der Waals surface area (Å²) in [6.07, 6.45) is 0.0808. The van der Waals surface area contributed by atoms with Crippen LogP contribution in [0, 0.1) is 0 Å². The Kier molecular flexibility index (Phi) is 3.88. The lowest BCUT2D eigenvalue weighted by atomic mass is 10.2. The quantitative estimate of drug-likeness (QED) is 0.689. The van der Waals surface area contributed by atoms with Crippen molar-refractivity contribution in [2.75, 3.05) is 26.7 Å². The standard InChI is InChI=1S/C8H16F2N2/c1-12(6-8(9)10)5-7-3-2-4-11-7/h7-8,11H,2-6H2,1H3/t7-/m1/s1. The summed E-state index contributed by atoms with van der Waals surface area (Å²) in [4.78, 5) is 1.69. The first-order chi connectivity index (χ1) is 5.68. The first kappa shape index (κ1) is 9.86. The van der Waals surface area contributed by atoms with E-state index >= 15 is 0 Å². The lowest BCUT2D eigenvalue weighted by Crippen LogP contribution is -2.37. The highest BCUT2D eigenvalue weighted by atomic mass is 19.3. The molecule has 1 rings (SSSR count). The zero-order valence-electron chi connectivity index (χ0n) is 7.39. The summed E-state index contributed by atoms with van der Waals surface area (Å²) in [5.41, 5.74) is 0. The van der Waals surface area contributed by atoms with Crippen molar-refractivity contribution in [3.05, 3.63) is 0 Å². The lowest BCUT2D eigenvalue weighted by Gasteiger charge is -2.20. The number of alkyl halides is 2. The highest BCUT2D eigenvalue weighted by Crippen LogP contribution is 2.06. The minimum Gasteiger partial charge on any atom is -0.313 e. The smallest absolute Gasteiger partial charge is 0.251 e. The van der Waals surface area contributed by atoms with Crippen LogP contribution in [0.2, 0.25) is 0 Å². The van der Waals surface area contributed by atoms with Crippen LogP contribution in [-0.4, -0.2) is 44.0 Å². The van der Waals surface area contributed by atoms with Gasteiger partial charge in [0.15, 0.2) is 0 Å². The molecule has 1 heterocycles. The fourth-order valence-corrected chi connectivity index (χ4v) is 1.60. The molecule has 0 unspecified atom stereocenters. The molecule has 0 aromatic heterocycles. The van der Waals surface area contributed by atoms with Crippen molar-refractivity contribution >= 4 is 0 Å². The van der Waals surface area contributed by atoms with E-state index in [1.807, 2.05) is 0 Å². The van der Waals surface area contributed by atoms with Gasteiger partial charge < -0.3 is 5.32 Å². The molecule has 1 atom stereocenters. The summed E-state index contributed by atoms with van der Waals surface area (Å²) in [7, 11) is 1.74. The van der Waals surface area contributed by atoms with E-state index in [1.165, 1.54) is 6.42 Å². The second kappa shape index (κ2) is 4.72. The Hall–Kier alpha value is -0.220. The third kappa shape index (κ3) is 3.45. The lowest BCUT2D eigenvalue weighted by molar-refractivity contribution is 0.0969. The summed E-state index contributed by atoms with van der Waals surface area (Å²) < 4.78 is 23.8. The van der Waals surface area contributed by atoms with E-state index in [9.17, 15) is 8.78 Å². The van der Waals surface area contributed by atoms with Crippen LogP contribution in [0.5, 0.6) is 0 Å². The van der Waals surface area contributed by atoms with Gasteiger partial charge in [-0.3, -0.25) is 4.90 Å². The molecule has 72 valence electrons. The zero-order chi connectivity index (χ0) is 8.97. The van der Waals surface area contributed by atoms with Crippen LogP contribution < -0.4 is 5.32 Å². The molecule has 0 bridgehead atoms. The molecule has 0 aromatic rings. The van der Waals surface area contributed by atoms with Crippen molar-refractivity contribution in [1.29, 1.82) is 0 Å². The Morgan fingerprint density at radius 2 is 2.33 bits per heavy atom. The maximum Gasteiger partial charge on any atom is 0.251 e. The molecule has 0 spiro atoms. The van der Waals surface area contributed by atoms with Gasteiger partial charge in [-0.15, -0.1) is 0 Å². The Labute approximate surface area is 71.9 Å². The summed E-state index contributed by atoms with van der Waals surface area (Å²) in [6, 6.07) is 0.425. The third-order valence-corrected chi connectivity index (χ3v) is 2.14. The zero-order valence-corrected chi connectivity index (χ0v) is 7.39. The van der Waals surface area contributed by atoms with E-state index in [0.29, 0.717) is 6.04 Å². The molecular weight excluding hydrogens is 162 g/mol. The monoisotopic (exact) mass is 178 g/mol. The second-order valence-corrected chi connectivity index (χ2v) is 3.41. The summed E-state index contributed by atoms with van der Waals surface area (Å²) in [5.74, 6) is 0. The predicted octanol–water partition coefficient (Wildman–Crippen LogP) is 0.935. The van der Waals surface area contributed by atoms with Gasteiger partial charge in [-0.2, -0.15) is 0 Å². The first-order valence-electron chi connectivity index (χ1n) is 4.38.